The summed E-state index contributed by atoms with van der Waals surface area (Å²) in [6, 6.07) is 6.24. The maximum atomic E-state index is 9.94. The monoisotopic (exact) mass is 222 g/mol. The Hall–Kier alpha value is -0.900. The highest BCUT2D eigenvalue weighted by molar-refractivity contribution is 5.32. The van der Waals surface area contributed by atoms with Gasteiger partial charge in [-0.2, -0.15) is 0 Å². The van der Waals surface area contributed by atoms with Crippen LogP contribution < -0.4 is 5.73 Å². The smallest absolute Gasteiger partial charge is 0.0858 e. The van der Waals surface area contributed by atoms with Crippen LogP contribution in [0.1, 0.15) is 22.7 Å². The van der Waals surface area contributed by atoms with Crippen molar-refractivity contribution in [1.82, 2.24) is 4.90 Å². The molecule has 16 heavy (non-hydrogen) atoms. The molecule has 1 aromatic rings. The van der Waals surface area contributed by atoms with E-state index in [2.05, 4.69) is 32.0 Å². The summed E-state index contributed by atoms with van der Waals surface area (Å²) in [5.41, 5.74) is 9.17. The van der Waals surface area contributed by atoms with Crippen LogP contribution in [0.5, 0.6) is 0 Å². The molecule has 0 aromatic heterocycles. The van der Waals surface area contributed by atoms with Crippen molar-refractivity contribution < 1.29 is 5.11 Å². The molecule has 0 saturated carbocycles. The van der Waals surface area contributed by atoms with Gasteiger partial charge in [-0.1, -0.05) is 18.2 Å². The summed E-state index contributed by atoms with van der Waals surface area (Å²) in [7, 11) is 3.91. The molecule has 2 unspecified atom stereocenters. The average Bonchev–Trinajstić information content (AvgIpc) is 2.22. The van der Waals surface area contributed by atoms with E-state index >= 15 is 0 Å². The van der Waals surface area contributed by atoms with Gasteiger partial charge in [-0.25, -0.2) is 0 Å². The lowest BCUT2D eigenvalue weighted by Gasteiger charge is -2.29. The van der Waals surface area contributed by atoms with Crippen LogP contribution in [0.25, 0.3) is 0 Å². The van der Waals surface area contributed by atoms with Crippen LogP contribution >= 0.6 is 0 Å². The van der Waals surface area contributed by atoms with Gasteiger partial charge in [0.1, 0.15) is 0 Å². The van der Waals surface area contributed by atoms with Crippen molar-refractivity contribution in [3.63, 3.8) is 0 Å². The van der Waals surface area contributed by atoms with Gasteiger partial charge in [-0.05, 0) is 44.6 Å². The fourth-order valence-electron chi connectivity index (χ4n) is 1.94. The third-order valence-corrected chi connectivity index (χ3v) is 3.03. The first-order valence-corrected chi connectivity index (χ1v) is 5.59. The summed E-state index contributed by atoms with van der Waals surface area (Å²) in [6.07, 6.45) is -0.530. The van der Waals surface area contributed by atoms with Crippen LogP contribution in [-0.2, 0) is 0 Å². The van der Waals surface area contributed by atoms with Gasteiger partial charge in [0.15, 0.2) is 0 Å². The normalized spacial score (nSPS) is 15.2. The van der Waals surface area contributed by atoms with Crippen molar-refractivity contribution in [1.29, 1.82) is 0 Å². The van der Waals surface area contributed by atoms with Gasteiger partial charge >= 0.3 is 0 Å². The molecule has 1 aromatic carbocycles. The zero-order valence-corrected chi connectivity index (χ0v) is 10.6. The van der Waals surface area contributed by atoms with Crippen LogP contribution in [0, 0.1) is 13.8 Å². The number of likely N-dealkylation sites (N-methyl/N-ethyl adjacent to an activating group) is 1. The Bertz CT molecular complexity index is 350. The molecule has 0 aliphatic carbocycles. The summed E-state index contributed by atoms with van der Waals surface area (Å²) < 4.78 is 0. The Kier molecular flexibility index (Phi) is 4.47. The molecular formula is C13H22N2O. The van der Waals surface area contributed by atoms with E-state index in [-0.39, 0.29) is 12.6 Å². The van der Waals surface area contributed by atoms with E-state index in [4.69, 9.17) is 5.73 Å². The summed E-state index contributed by atoms with van der Waals surface area (Å²) >= 11 is 0. The van der Waals surface area contributed by atoms with E-state index in [1.54, 1.807) is 0 Å². The SMILES string of the molecule is Cc1ccc(C(C(O)CN)N(C)C)cc1C. The molecule has 0 heterocycles. The second-order valence-corrected chi connectivity index (χ2v) is 4.56. The summed E-state index contributed by atoms with van der Waals surface area (Å²) in [4.78, 5) is 2.00. The quantitative estimate of drug-likeness (QED) is 0.805. The van der Waals surface area contributed by atoms with E-state index in [0.29, 0.717) is 0 Å². The molecule has 3 heteroatoms. The Balaban J connectivity index is 3.06. The van der Waals surface area contributed by atoms with E-state index in [0.717, 1.165) is 5.56 Å². The number of aliphatic hydroxyl groups is 1. The van der Waals surface area contributed by atoms with Crippen LogP contribution in [0.15, 0.2) is 18.2 Å². The van der Waals surface area contributed by atoms with E-state index in [9.17, 15) is 5.11 Å². The standard InChI is InChI=1S/C13H22N2O/c1-9-5-6-11(7-10(9)2)13(15(3)4)12(16)8-14/h5-7,12-13,16H,8,14H2,1-4H3. The molecule has 3 N–H and O–H groups in total. The van der Waals surface area contributed by atoms with Gasteiger partial charge in [-0.15, -0.1) is 0 Å². The number of nitrogens with zero attached hydrogens (tertiary/aromatic N) is 1. The molecule has 0 aliphatic heterocycles. The lowest BCUT2D eigenvalue weighted by atomic mass is 9.96. The number of aryl methyl sites for hydroxylation is 2. The molecule has 0 aliphatic rings. The van der Waals surface area contributed by atoms with Gasteiger partial charge in [0, 0.05) is 6.54 Å². The number of hydrogen-bond acceptors (Lipinski definition) is 3. The van der Waals surface area contributed by atoms with Gasteiger partial charge in [0.25, 0.3) is 0 Å². The lowest BCUT2D eigenvalue weighted by Crippen LogP contribution is -2.36. The summed E-state index contributed by atoms with van der Waals surface area (Å²) in [5.74, 6) is 0. The van der Waals surface area contributed by atoms with Gasteiger partial charge < -0.3 is 15.7 Å². The van der Waals surface area contributed by atoms with Gasteiger partial charge in [-0.3, -0.25) is 0 Å². The van der Waals surface area contributed by atoms with E-state index < -0.39 is 6.10 Å². The number of nitrogens with two attached hydrogens (primary N) is 1. The molecule has 3 nitrogen and oxygen atoms in total. The zero-order valence-electron chi connectivity index (χ0n) is 10.6. The zero-order chi connectivity index (χ0) is 12.3. The summed E-state index contributed by atoms with van der Waals surface area (Å²) in [6.45, 7) is 4.44. The van der Waals surface area contributed by atoms with E-state index in [1.807, 2.05) is 19.0 Å². The van der Waals surface area contributed by atoms with Crippen LogP contribution in [0.2, 0.25) is 0 Å². The van der Waals surface area contributed by atoms with Gasteiger partial charge in [0.05, 0.1) is 12.1 Å². The maximum Gasteiger partial charge on any atom is 0.0858 e. The fourth-order valence-corrected chi connectivity index (χ4v) is 1.94. The number of hydrogen-bond donors (Lipinski definition) is 2. The minimum Gasteiger partial charge on any atom is -0.390 e. The molecule has 0 saturated heterocycles. The Labute approximate surface area is 97.9 Å². The highest BCUT2D eigenvalue weighted by Crippen LogP contribution is 2.23. The first-order chi connectivity index (χ1) is 7.47. The first kappa shape index (κ1) is 13.2. The molecule has 0 bridgehead atoms. The van der Waals surface area contributed by atoms with Crippen molar-refractivity contribution >= 4 is 0 Å². The third kappa shape index (κ3) is 2.82. The highest BCUT2D eigenvalue weighted by atomic mass is 16.3. The van der Waals surface area contributed by atoms with Crippen molar-refractivity contribution in [2.75, 3.05) is 20.6 Å². The minimum atomic E-state index is -0.530. The van der Waals surface area contributed by atoms with Crippen LogP contribution in [0.4, 0.5) is 0 Å². The average molecular weight is 222 g/mol. The molecule has 2 atom stereocenters. The fraction of sp³-hybridized carbons (Fsp3) is 0.538. The van der Waals surface area contributed by atoms with Crippen molar-refractivity contribution in [3.8, 4) is 0 Å². The van der Waals surface area contributed by atoms with Crippen molar-refractivity contribution in [2.45, 2.75) is 26.0 Å². The molecule has 0 amide bonds. The van der Waals surface area contributed by atoms with Crippen LogP contribution in [-0.4, -0.2) is 36.8 Å². The van der Waals surface area contributed by atoms with Gasteiger partial charge in [0.2, 0.25) is 0 Å². The van der Waals surface area contributed by atoms with Crippen LogP contribution in [0.3, 0.4) is 0 Å². The third-order valence-electron chi connectivity index (χ3n) is 3.03. The summed E-state index contributed by atoms with van der Waals surface area (Å²) in [5, 5.41) is 9.94. The second-order valence-electron chi connectivity index (χ2n) is 4.56. The lowest BCUT2D eigenvalue weighted by molar-refractivity contribution is 0.0823. The first-order valence-electron chi connectivity index (χ1n) is 5.59. The second kappa shape index (κ2) is 5.43. The predicted molar refractivity (Wildman–Crippen MR) is 67.4 cm³/mol. The van der Waals surface area contributed by atoms with Crippen molar-refractivity contribution in [2.24, 2.45) is 5.73 Å². The molecule has 90 valence electrons. The largest absolute Gasteiger partial charge is 0.390 e. The minimum absolute atomic E-state index is 0.0377. The van der Waals surface area contributed by atoms with Crippen molar-refractivity contribution in [3.05, 3.63) is 34.9 Å². The number of benzene rings is 1. The predicted octanol–water partition coefficient (Wildman–Crippen LogP) is 1.23. The molecule has 1 rings (SSSR count). The number of rotatable bonds is 4. The Morgan fingerprint density at radius 3 is 2.31 bits per heavy atom. The topological polar surface area (TPSA) is 49.5 Å². The molecule has 0 radical (unpaired) electrons. The highest BCUT2D eigenvalue weighted by Gasteiger charge is 2.22. The molecular weight excluding hydrogens is 200 g/mol. The Morgan fingerprint density at radius 1 is 1.25 bits per heavy atom. The molecule has 0 spiro atoms. The molecule has 0 fully saturated rings. The van der Waals surface area contributed by atoms with E-state index in [1.165, 1.54) is 11.1 Å². The Morgan fingerprint density at radius 2 is 1.88 bits per heavy atom. The maximum absolute atomic E-state index is 9.94. The number of aliphatic hydroxyl groups excluding tert-OH is 1.